The van der Waals surface area contributed by atoms with E-state index in [4.69, 9.17) is 9.57 Å². The highest BCUT2D eigenvalue weighted by molar-refractivity contribution is 5.92. The molecule has 2 atom stereocenters. The SMILES string of the molecule is CON(C)[13C](=O)[C@H](Cc1ccccc1OCc1ccccc1)NC(=O)[C@H](Cc1ccccc1)NC(=O)N1CCN(C)CC1. The van der Waals surface area contributed by atoms with E-state index in [0.29, 0.717) is 25.4 Å². The molecule has 0 unspecified atom stereocenters. The van der Waals surface area contributed by atoms with Crippen LogP contribution in [0.1, 0.15) is 16.7 Å². The van der Waals surface area contributed by atoms with Crippen LogP contribution in [0.3, 0.4) is 0 Å². The Morgan fingerprint density at radius 1 is 0.791 bits per heavy atom. The van der Waals surface area contributed by atoms with Crippen molar-refractivity contribution in [1.29, 1.82) is 0 Å². The van der Waals surface area contributed by atoms with E-state index in [1.54, 1.807) is 4.90 Å². The Kier molecular flexibility index (Phi) is 11.5. The average Bonchev–Trinajstić information content (AvgIpc) is 3.04. The van der Waals surface area contributed by atoms with Crippen LogP contribution in [-0.2, 0) is 33.9 Å². The summed E-state index contributed by atoms with van der Waals surface area (Å²) in [5, 5.41) is 6.93. The molecule has 10 heteroatoms. The number of para-hydroxylation sites is 1. The van der Waals surface area contributed by atoms with E-state index in [0.717, 1.165) is 34.8 Å². The van der Waals surface area contributed by atoms with Crippen molar-refractivity contribution in [3.63, 3.8) is 0 Å². The minimum atomic E-state index is -0.974. The van der Waals surface area contributed by atoms with Gasteiger partial charge in [0, 0.05) is 46.1 Å². The monoisotopic (exact) mass is 588 g/mol. The Morgan fingerprint density at radius 2 is 1.40 bits per heavy atom. The second-order valence-corrected chi connectivity index (χ2v) is 10.6. The van der Waals surface area contributed by atoms with Gasteiger partial charge in [-0.2, -0.15) is 0 Å². The molecule has 10 nitrogen and oxygen atoms in total. The second kappa shape index (κ2) is 15.7. The van der Waals surface area contributed by atoms with E-state index in [1.165, 1.54) is 14.2 Å². The molecule has 1 aliphatic rings. The summed E-state index contributed by atoms with van der Waals surface area (Å²) in [6.45, 7) is 3.02. The smallest absolute Gasteiger partial charge is 0.318 e. The predicted octanol–water partition coefficient (Wildman–Crippen LogP) is 2.88. The maximum Gasteiger partial charge on any atom is 0.318 e. The summed E-state index contributed by atoms with van der Waals surface area (Å²) in [7, 11) is 4.90. The molecule has 3 aromatic carbocycles. The number of hydrogen-bond donors (Lipinski definition) is 2. The summed E-state index contributed by atoms with van der Waals surface area (Å²) in [4.78, 5) is 49.5. The van der Waals surface area contributed by atoms with Crippen LogP contribution in [0.15, 0.2) is 84.9 Å². The van der Waals surface area contributed by atoms with Crippen molar-refractivity contribution in [2.75, 3.05) is 47.4 Å². The molecule has 2 N–H and O–H groups in total. The van der Waals surface area contributed by atoms with E-state index < -0.39 is 23.9 Å². The maximum atomic E-state index is 13.8. The lowest BCUT2D eigenvalue weighted by Gasteiger charge is -2.33. The molecule has 3 aromatic rings. The molecule has 4 rings (SSSR count). The number of urea groups is 1. The Labute approximate surface area is 253 Å². The molecule has 43 heavy (non-hydrogen) atoms. The molecule has 0 spiro atoms. The van der Waals surface area contributed by atoms with Crippen molar-refractivity contribution in [3.05, 3.63) is 102 Å². The van der Waals surface area contributed by atoms with Gasteiger partial charge in [-0.05, 0) is 29.8 Å². The Morgan fingerprint density at radius 3 is 2.05 bits per heavy atom. The standard InChI is InChI=1S/C33H41N5O5/c1-36-18-20-38(21-19-36)33(41)35-28(22-25-12-6-4-7-13-25)31(39)34-29(32(40)37(2)42-3)23-27-16-10-11-17-30(27)43-24-26-14-8-5-9-15-26/h4-17,28-29H,18-24H2,1-3H3,(H,34,39)(H,35,41)/t28-,29-/m0/s1/i32+1. The van der Waals surface area contributed by atoms with Crippen LogP contribution in [0.25, 0.3) is 0 Å². The number of piperazine rings is 1. The third-order valence-electron chi connectivity index (χ3n) is 7.52. The van der Waals surface area contributed by atoms with Gasteiger partial charge in [0.2, 0.25) is 5.91 Å². The zero-order valence-corrected chi connectivity index (χ0v) is 25.1. The van der Waals surface area contributed by atoms with Crippen LogP contribution in [0.4, 0.5) is 4.79 Å². The number of nitrogens with one attached hydrogen (secondary N) is 2. The number of nitrogens with zero attached hydrogens (tertiary/aromatic N) is 3. The molecular formula is C33H41N5O5. The fraction of sp³-hybridized carbons (Fsp3) is 0.364. The van der Waals surface area contributed by atoms with Gasteiger partial charge in [0.25, 0.3) is 5.91 Å². The van der Waals surface area contributed by atoms with E-state index in [-0.39, 0.29) is 18.9 Å². The fourth-order valence-corrected chi connectivity index (χ4v) is 4.86. The summed E-state index contributed by atoms with van der Waals surface area (Å²) < 4.78 is 6.11. The summed E-state index contributed by atoms with van der Waals surface area (Å²) in [5.41, 5.74) is 2.65. The molecule has 228 valence electrons. The third-order valence-corrected chi connectivity index (χ3v) is 7.52. The van der Waals surface area contributed by atoms with Gasteiger partial charge in [0.1, 0.15) is 24.4 Å². The third kappa shape index (κ3) is 9.29. The minimum Gasteiger partial charge on any atom is -0.489 e. The summed E-state index contributed by atoms with van der Waals surface area (Å²) in [6, 6.07) is 24.5. The largest absolute Gasteiger partial charge is 0.489 e. The van der Waals surface area contributed by atoms with Gasteiger partial charge in [0.05, 0.1) is 7.11 Å². The number of amides is 4. The quantitative estimate of drug-likeness (QED) is 0.249. The first kappa shape index (κ1) is 31.5. The first-order valence-corrected chi connectivity index (χ1v) is 14.5. The van der Waals surface area contributed by atoms with E-state index in [1.807, 2.05) is 92.0 Å². The average molecular weight is 589 g/mol. The molecular weight excluding hydrogens is 547 g/mol. The number of hydrogen-bond acceptors (Lipinski definition) is 6. The first-order chi connectivity index (χ1) is 20.8. The van der Waals surface area contributed by atoms with Gasteiger partial charge in [-0.15, -0.1) is 0 Å². The van der Waals surface area contributed by atoms with Gasteiger partial charge in [-0.3, -0.25) is 14.4 Å². The fourth-order valence-electron chi connectivity index (χ4n) is 4.86. The van der Waals surface area contributed by atoms with E-state index in [2.05, 4.69) is 15.5 Å². The number of ether oxygens (including phenoxy) is 1. The molecule has 0 aliphatic carbocycles. The van der Waals surface area contributed by atoms with Crippen LogP contribution in [0.2, 0.25) is 0 Å². The lowest BCUT2D eigenvalue weighted by atomic mass is 10.0. The topological polar surface area (TPSA) is 103 Å². The highest BCUT2D eigenvalue weighted by Gasteiger charge is 2.31. The molecule has 1 fully saturated rings. The number of rotatable bonds is 12. The van der Waals surface area contributed by atoms with Crippen molar-refractivity contribution < 1.29 is 24.0 Å². The molecule has 0 radical (unpaired) electrons. The molecule has 0 bridgehead atoms. The molecule has 0 aromatic heterocycles. The van der Waals surface area contributed by atoms with Crippen molar-refractivity contribution in [2.24, 2.45) is 0 Å². The van der Waals surface area contributed by atoms with Crippen LogP contribution in [0.5, 0.6) is 5.75 Å². The Hall–Kier alpha value is -4.41. The second-order valence-electron chi connectivity index (χ2n) is 10.6. The molecule has 1 heterocycles. The summed E-state index contributed by atoms with van der Waals surface area (Å²) >= 11 is 0. The minimum absolute atomic E-state index is 0.160. The zero-order valence-electron chi connectivity index (χ0n) is 25.1. The number of benzene rings is 3. The van der Waals surface area contributed by atoms with Gasteiger partial charge in [-0.25, -0.2) is 9.86 Å². The maximum absolute atomic E-state index is 13.8. The Bertz CT molecular complexity index is 1330. The first-order valence-electron chi connectivity index (χ1n) is 14.5. The van der Waals surface area contributed by atoms with Crippen molar-refractivity contribution in [2.45, 2.75) is 31.5 Å². The molecule has 1 saturated heterocycles. The Balaban J connectivity index is 1.53. The summed E-state index contributed by atoms with van der Waals surface area (Å²) in [6.07, 6.45) is 0.428. The normalized spacial score (nSPS) is 14.8. The highest BCUT2D eigenvalue weighted by atomic mass is 16.7. The molecule has 1 aliphatic heterocycles. The lowest BCUT2D eigenvalue weighted by molar-refractivity contribution is -0.171. The number of carbonyl (C=O) groups is 3. The van der Waals surface area contributed by atoms with Crippen molar-refractivity contribution in [1.82, 2.24) is 25.5 Å². The van der Waals surface area contributed by atoms with Crippen LogP contribution in [-0.4, -0.2) is 92.2 Å². The lowest BCUT2D eigenvalue weighted by Crippen LogP contribution is -2.58. The van der Waals surface area contributed by atoms with Crippen LogP contribution < -0.4 is 15.4 Å². The van der Waals surface area contributed by atoms with E-state index in [9.17, 15) is 14.4 Å². The summed E-state index contributed by atoms with van der Waals surface area (Å²) in [5.74, 6) is -0.280. The highest BCUT2D eigenvalue weighted by Crippen LogP contribution is 2.22. The van der Waals surface area contributed by atoms with Gasteiger partial charge in [0.15, 0.2) is 0 Å². The number of likely N-dealkylation sites (N-methyl/N-ethyl adjacent to an activating group) is 2. The van der Waals surface area contributed by atoms with Crippen LogP contribution in [0, 0.1) is 0 Å². The zero-order chi connectivity index (χ0) is 30.6. The van der Waals surface area contributed by atoms with Crippen molar-refractivity contribution >= 4 is 17.8 Å². The van der Waals surface area contributed by atoms with Gasteiger partial charge >= 0.3 is 6.03 Å². The number of carbonyl (C=O) groups excluding carboxylic acids is 3. The molecule has 0 saturated carbocycles. The van der Waals surface area contributed by atoms with Gasteiger partial charge in [-0.1, -0.05) is 78.9 Å². The molecule has 4 amide bonds. The van der Waals surface area contributed by atoms with E-state index >= 15 is 0 Å². The van der Waals surface area contributed by atoms with Crippen molar-refractivity contribution in [3.8, 4) is 5.75 Å². The number of hydroxylamine groups is 2. The van der Waals surface area contributed by atoms with Crippen LogP contribution >= 0.6 is 0 Å². The predicted molar refractivity (Wildman–Crippen MR) is 164 cm³/mol. The van der Waals surface area contributed by atoms with Gasteiger partial charge < -0.3 is 25.2 Å².